The van der Waals surface area contributed by atoms with E-state index in [2.05, 4.69) is 20.8 Å². The minimum atomic E-state index is -0.368. The molecule has 1 saturated heterocycles. The molecule has 0 saturated carbocycles. The van der Waals surface area contributed by atoms with Crippen molar-refractivity contribution in [2.45, 2.75) is 46.6 Å². The fourth-order valence-electron chi connectivity index (χ4n) is 1.91. The van der Waals surface area contributed by atoms with Crippen molar-refractivity contribution in [3.8, 4) is 0 Å². The first kappa shape index (κ1) is 12.5. The van der Waals surface area contributed by atoms with Crippen LogP contribution in [-0.2, 0) is 4.79 Å². The molecule has 3 heteroatoms. The first-order valence-electron chi connectivity index (χ1n) is 5.80. The van der Waals surface area contributed by atoms with Crippen molar-refractivity contribution in [1.29, 1.82) is 0 Å². The number of aliphatic hydroxyl groups excluding tert-OH is 1. The van der Waals surface area contributed by atoms with E-state index in [1.807, 2.05) is 11.8 Å². The highest BCUT2D eigenvalue weighted by Crippen LogP contribution is 2.34. The maximum Gasteiger partial charge on any atom is 0.223 e. The van der Waals surface area contributed by atoms with Crippen LogP contribution in [0.25, 0.3) is 0 Å². The van der Waals surface area contributed by atoms with Gasteiger partial charge < -0.3 is 10.0 Å². The molecule has 0 aliphatic carbocycles. The smallest absolute Gasteiger partial charge is 0.223 e. The summed E-state index contributed by atoms with van der Waals surface area (Å²) in [5, 5.41) is 9.53. The van der Waals surface area contributed by atoms with Gasteiger partial charge in [0.05, 0.1) is 6.10 Å². The molecule has 1 aliphatic heterocycles. The van der Waals surface area contributed by atoms with Gasteiger partial charge >= 0.3 is 0 Å². The summed E-state index contributed by atoms with van der Waals surface area (Å²) in [6.45, 7) is 9.76. The summed E-state index contributed by atoms with van der Waals surface area (Å²) in [5.74, 6) is 0.622. The maximum atomic E-state index is 11.7. The van der Waals surface area contributed by atoms with Crippen LogP contribution in [-0.4, -0.2) is 35.1 Å². The van der Waals surface area contributed by atoms with E-state index in [4.69, 9.17) is 0 Å². The Morgan fingerprint density at radius 2 is 2.13 bits per heavy atom. The largest absolute Gasteiger partial charge is 0.391 e. The Kier molecular flexibility index (Phi) is 3.77. The average Bonchev–Trinajstić information content (AvgIpc) is 2.47. The summed E-state index contributed by atoms with van der Waals surface area (Å²) in [4.78, 5) is 13.5. The quantitative estimate of drug-likeness (QED) is 0.774. The van der Waals surface area contributed by atoms with Gasteiger partial charge in [-0.3, -0.25) is 4.79 Å². The van der Waals surface area contributed by atoms with E-state index in [1.165, 1.54) is 0 Å². The molecule has 3 nitrogen and oxygen atoms in total. The summed E-state index contributed by atoms with van der Waals surface area (Å²) < 4.78 is 0. The second kappa shape index (κ2) is 4.52. The van der Waals surface area contributed by atoms with Crippen LogP contribution in [0.3, 0.4) is 0 Å². The fraction of sp³-hybridized carbons (Fsp3) is 0.917. The van der Waals surface area contributed by atoms with E-state index in [0.29, 0.717) is 25.3 Å². The van der Waals surface area contributed by atoms with Crippen LogP contribution in [0.15, 0.2) is 0 Å². The lowest BCUT2D eigenvalue weighted by Gasteiger charge is -2.27. The van der Waals surface area contributed by atoms with Gasteiger partial charge in [-0.1, -0.05) is 27.7 Å². The monoisotopic (exact) mass is 213 g/mol. The number of carbonyl (C=O) groups is 1. The summed E-state index contributed by atoms with van der Waals surface area (Å²) in [6.07, 6.45) is 0.983. The topological polar surface area (TPSA) is 40.5 Å². The highest BCUT2D eigenvalue weighted by atomic mass is 16.3. The fourth-order valence-corrected chi connectivity index (χ4v) is 1.91. The number of likely N-dealkylation sites (tertiary alicyclic amines) is 1. The Morgan fingerprint density at radius 3 is 2.53 bits per heavy atom. The molecule has 1 amide bonds. The van der Waals surface area contributed by atoms with Gasteiger partial charge in [-0.25, -0.2) is 0 Å². The Bertz CT molecular complexity index is 232. The minimum Gasteiger partial charge on any atom is -0.391 e. The van der Waals surface area contributed by atoms with Gasteiger partial charge in [0.25, 0.3) is 0 Å². The zero-order valence-corrected chi connectivity index (χ0v) is 10.3. The van der Waals surface area contributed by atoms with Crippen molar-refractivity contribution in [3.63, 3.8) is 0 Å². The van der Waals surface area contributed by atoms with E-state index in [0.717, 1.165) is 6.54 Å². The second-order valence-electron chi connectivity index (χ2n) is 5.63. The van der Waals surface area contributed by atoms with Crippen molar-refractivity contribution >= 4 is 5.91 Å². The van der Waals surface area contributed by atoms with Gasteiger partial charge in [0, 0.05) is 19.5 Å². The number of carbonyl (C=O) groups excluding carboxylic acids is 1. The van der Waals surface area contributed by atoms with Crippen LogP contribution >= 0.6 is 0 Å². The predicted molar refractivity (Wildman–Crippen MR) is 60.4 cm³/mol. The minimum absolute atomic E-state index is 0.182. The van der Waals surface area contributed by atoms with E-state index >= 15 is 0 Å². The lowest BCUT2D eigenvalue weighted by atomic mass is 9.80. The second-order valence-corrected chi connectivity index (χ2v) is 5.63. The average molecular weight is 213 g/mol. The Labute approximate surface area is 92.5 Å². The number of hydrogen-bond donors (Lipinski definition) is 1. The van der Waals surface area contributed by atoms with Crippen molar-refractivity contribution < 1.29 is 9.90 Å². The predicted octanol–water partition coefficient (Wildman–Crippen LogP) is 1.65. The highest BCUT2D eigenvalue weighted by Gasteiger charge is 2.36. The van der Waals surface area contributed by atoms with Gasteiger partial charge in [0.15, 0.2) is 0 Å². The van der Waals surface area contributed by atoms with Crippen molar-refractivity contribution in [3.05, 3.63) is 0 Å². The standard InChI is InChI=1S/C12H23NO2/c1-5-10(14)8-13-7-9(6-11(13)15)12(2,3)4/h9-10,14H,5-8H2,1-4H3. The lowest BCUT2D eigenvalue weighted by molar-refractivity contribution is -0.129. The van der Waals surface area contributed by atoms with Crippen LogP contribution in [0.2, 0.25) is 0 Å². The normalized spacial score (nSPS) is 24.7. The molecule has 1 rings (SSSR count). The molecule has 2 unspecified atom stereocenters. The number of amides is 1. The molecule has 15 heavy (non-hydrogen) atoms. The molecule has 1 heterocycles. The van der Waals surface area contributed by atoms with Gasteiger partial charge in [-0.05, 0) is 17.8 Å². The third-order valence-electron chi connectivity index (χ3n) is 3.34. The lowest BCUT2D eigenvalue weighted by Crippen LogP contribution is -2.34. The Hall–Kier alpha value is -0.570. The first-order chi connectivity index (χ1) is 6.84. The first-order valence-corrected chi connectivity index (χ1v) is 5.80. The van der Waals surface area contributed by atoms with Gasteiger partial charge in [0.2, 0.25) is 5.91 Å². The summed E-state index contributed by atoms with van der Waals surface area (Å²) in [5.41, 5.74) is 0.182. The summed E-state index contributed by atoms with van der Waals surface area (Å²) >= 11 is 0. The maximum absolute atomic E-state index is 11.7. The Morgan fingerprint density at radius 1 is 1.53 bits per heavy atom. The Balaban J connectivity index is 2.53. The number of nitrogens with zero attached hydrogens (tertiary/aromatic N) is 1. The highest BCUT2D eigenvalue weighted by molar-refractivity contribution is 5.78. The molecular formula is C12H23NO2. The molecule has 1 aliphatic rings. The third kappa shape index (κ3) is 3.20. The van der Waals surface area contributed by atoms with Crippen molar-refractivity contribution in [1.82, 2.24) is 4.90 Å². The molecule has 1 fully saturated rings. The number of hydrogen-bond acceptors (Lipinski definition) is 2. The van der Waals surface area contributed by atoms with E-state index in [-0.39, 0.29) is 17.4 Å². The van der Waals surface area contributed by atoms with Gasteiger partial charge in [0.1, 0.15) is 0 Å². The zero-order chi connectivity index (χ0) is 11.6. The SMILES string of the molecule is CCC(O)CN1CC(C(C)(C)C)CC1=O. The molecule has 2 atom stereocenters. The molecule has 0 radical (unpaired) electrons. The molecule has 0 spiro atoms. The van der Waals surface area contributed by atoms with E-state index in [9.17, 15) is 9.90 Å². The molecule has 88 valence electrons. The number of aliphatic hydroxyl groups is 1. The molecule has 0 bridgehead atoms. The molecule has 0 aromatic carbocycles. The number of β-amino-alcohol motifs (C(OH)–C–C–N with tert-alkyl or cyclic N) is 1. The zero-order valence-electron chi connectivity index (χ0n) is 10.3. The summed E-state index contributed by atoms with van der Waals surface area (Å²) in [6, 6.07) is 0. The van der Waals surface area contributed by atoms with E-state index < -0.39 is 0 Å². The van der Waals surface area contributed by atoms with Crippen LogP contribution in [0, 0.1) is 11.3 Å². The van der Waals surface area contributed by atoms with Gasteiger partial charge in [-0.2, -0.15) is 0 Å². The van der Waals surface area contributed by atoms with Gasteiger partial charge in [-0.15, -0.1) is 0 Å². The molecule has 0 aromatic heterocycles. The van der Waals surface area contributed by atoms with Crippen LogP contribution in [0.4, 0.5) is 0 Å². The molecule has 0 aromatic rings. The van der Waals surface area contributed by atoms with Crippen molar-refractivity contribution in [2.24, 2.45) is 11.3 Å². The van der Waals surface area contributed by atoms with Crippen LogP contribution in [0.1, 0.15) is 40.5 Å². The summed E-state index contributed by atoms with van der Waals surface area (Å²) in [7, 11) is 0. The van der Waals surface area contributed by atoms with Crippen molar-refractivity contribution in [2.75, 3.05) is 13.1 Å². The third-order valence-corrected chi connectivity index (χ3v) is 3.34. The van der Waals surface area contributed by atoms with Crippen LogP contribution < -0.4 is 0 Å². The van der Waals surface area contributed by atoms with Crippen LogP contribution in [0.5, 0.6) is 0 Å². The number of rotatable bonds is 3. The molecular weight excluding hydrogens is 190 g/mol. The molecule has 1 N–H and O–H groups in total. The van der Waals surface area contributed by atoms with E-state index in [1.54, 1.807) is 0 Å².